The Hall–Kier alpha value is -3.35. The molecular weight excluding hydrogens is 354 g/mol. The number of aromatic nitrogens is 3. The van der Waals surface area contributed by atoms with Gasteiger partial charge in [0.25, 0.3) is 0 Å². The maximum Gasteiger partial charge on any atom is 0.232 e. The van der Waals surface area contributed by atoms with E-state index >= 15 is 0 Å². The molecule has 3 rings (SSSR count). The zero-order valence-electron chi connectivity index (χ0n) is 17.0. The first kappa shape index (κ1) is 19.4. The summed E-state index contributed by atoms with van der Waals surface area (Å²) in [6, 6.07) is 9.80. The van der Waals surface area contributed by atoms with Crippen molar-refractivity contribution in [3.05, 3.63) is 52.8 Å². The molecule has 0 aliphatic rings. The fourth-order valence-electron chi connectivity index (χ4n) is 3.13. The van der Waals surface area contributed by atoms with E-state index in [0.717, 1.165) is 22.5 Å². The minimum atomic E-state index is 0.449. The Labute approximate surface area is 165 Å². The summed E-state index contributed by atoms with van der Waals surface area (Å²) >= 11 is 0. The van der Waals surface area contributed by atoms with Crippen LogP contribution < -0.4 is 20.1 Å². The highest BCUT2D eigenvalue weighted by atomic mass is 16.5. The third-order valence-corrected chi connectivity index (χ3v) is 4.30. The van der Waals surface area contributed by atoms with Crippen molar-refractivity contribution in [3.63, 3.8) is 0 Å². The predicted octanol–water partition coefficient (Wildman–Crippen LogP) is 4.61. The Balaban J connectivity index is 1.88. The van der Waals surface area contributed by atoms with E-state index in [-0.39, 0.29) is 0 Å². The Morgan fingerprint density at radius 1 is 0.714 bits per heavy atom. The van der Waals surface area contributed by atoms with E-state index in [1.165, 1.54) is 5.56 Å². The van der Waals surface area contributed by atoms with E-state index in [2.05, 4.69) is 58.5 Å². The number of methoxy groups -OCH3 is 2. The van der Waals surface area contributed by atoms with Gasteiger partial charge in [-0.15, -0.1) is 0 Å². The number of aryl methyl sites for hydroxylation is 4. The van der Waals surface area contributed by atoms with E-state index in [1.54, 1.807) is 14.2 Å². The van der Waals surface area contributed by atoms with Crippen molar-refractivity contribution < 1.29 is 9.47 Å². The molecule has 0 aliphatic carbocycles. The van der Waals surface area contributed by atoms with Gasteiger partial charge >= 0.3 is 0 Å². The fraction of sp³-hybridized carbons (Fsp3) is 0.286. The molecule has 0 atom stereocenters. The summed E-state index contributed by atoms with van der Waals surface area (Å²) in [5.41, 5.74) is 5.31. The van der Waals surface area contributed by atoms with Gasteiger partial charge in [-0.3, -0.25) is 0 Å². The summed E-state index contributed by atoms with van der Waals surface area (Å²) in [5.74, 6) is 2.84. The molecule has 0 aliphatic heterocycles. The van der Waals surface area contributed by atoms with Crippen LogP contribution >= 0.6 is 0 Å². The average Bonchev–Trinajstić information content (AvgIpc) is 2.64. The summed E-state index contributed by atoms with van der Waals surface area (Å²) < 4.78 is 10.6. The van der Waals surface area contributed by atoms with Gasteiger partial charge in [0, 0.05) is 17.4 Å². The molecular formula is C21H25N5O2. The quantitative estimate of drug-likeness (QED) is 0.647. The Kier molecular flexibility index (Phi) is 5.63. The summed E-state index contributed by atoms with van der Waals surface area (Å²) in [6.07, 6.45) is 0. The molecule has 0 amide bonds. The van der Waals surface area contributed by atoms with Gasteiger partial charge < -0.3 is 20.1 Å². The monoisotopic (exact) mass is 379 g/mol. The van der Waals surface area contributed by atoms with Crippen molar-refractivity contribution in [2.24, 2.45) is 0 Å². The first-order valence-electron chi connectivity index (χ1n) is 8.96. The second-order valence-corrected chi connectivity index (χ2v) is 6.62. The van der Waals surface area contributed by atoms with Gasteiger partial charge in [0.05, 0.1) is 14.2 Å². The van der Waals surface area contributed by atoms with Crippen molar-refractivity contribution in [2.75, 3.05) is 24.9 Å². The largest absolute Gasteiger partial charge is 0.493 e. The van der Waals surface area contributed by atoms with Gasteiger partial charge in [-0.2, -0.15) is 15.0 Å². The molecule has 3 aromatic rings. The van der Waals surface area contributed by atoms with E-state index in [0.29, 0.717) is 29.2 Å². The molecule has 0 saturated heterocycles. The second-order valence-electron chi connectivity index (χ2n) is 6.62. The van der Waals surface area contributed by atoms with Crippen LogP contribution in [0.4, 0.5) is 23.3 Å². The molecule has 0 spiro atoms. The second kappa shape index (κ2) is 8.12. The molecule has 1 aromatic heterocycles. The number of nitrogens with zero attached hydrogens (tertiary/aromatic N) is 3. The first-order chi connectivity index (χ1) is 13.4. The third-order valence-electron chi connectivity index (χ3n) is 4.30. The highest BCUT2D eigenvalue weighted by molar-refractivity contribution is 5.65. The van der Waals surface area contributed by atoms with Crippen LogP contribution in [0.3, 0.4) is 0 Å². The molecule has 2 aromatic carbocycles. The molecule has 0 saturated carbocycles. The molecule has 7 nitrogen and oxygen atoms in total. The summed E-state index contributed by atoms with van der Waals surface area (Å²) in [6.45, 7) is 8.06. The number of hydrogen-bond acceptors (Lipinski definition) is 7. The fourth-order valence-corrected chi connectivity index (χ4v) is 3.13. The van der Waals surface area contributed by atoms with Crippen LogP contribution in [0, 0.1) is 27.7 Å². The molecule has 0 bridgehead atoms. The average molecular weight is 379 g/mol. The van der Waals surface area contributed by atoms with Crippen LogP contribution in [0.5, 0.6) is 11.5 Å². The van der Waals surface area contributed by atoms with Crippen molar-refractivity contribution >= 4 is 23.3 Å². The maximum atomic E-state index is 5.35. The Morgan fingerprint density at radius 2 is 1.32 bits per heavy atom. The molecule has 0 unspecified atom stereocenters. The van der Waals surface area contributed by atoms with Gasteiger partial charge in [-0.25, -0.2) is 0 Å². The van der Waals surface area contributed by atoms with Crippen LogP contribution in [0.15, 0.2) is 30.3 Å². The van der Waals surface area contributed by atoms with Gasteiger partial charge in [-0.1, -0.05) is 17.7 Å². The van der Waals surface area contributed by atoms with Crippen LogP contribution in [0.25, 0.3) is 0 Å². The van der Waals surface area contributed by atoms with Gasteiger partial charge in [-0.05, 0) is 51.0 Å². The Bertz CT molecular complexity index is 981. The van der Waals surface area contributed by atoms with Crippen molar-refractivity contribution in [1.29, 1.82) is 0 Å². The van der Waals surface area contributed by atoms with Crippen LogP contribution in [-0.4, -0.2) is 29.2 Å². The van der Waals surface area contributed by atoms with E-state index in [9.17, 15) is 0 Å². The minimum absolute atomic E-state index is 0.449. The lowest BCUT2D eigenvalue weighted by atomic mass is 10.1. The smallest absolute Gasteiger partial charge is 0.232 e. The van der Waals surface area contributed by atoms with Crippen LogP contribution in [0.2, 0.25) is 0 Å². The van der Waals surface area contributed by atoms with Crippen LogP contribution in [0.1, 0.15) is 22.5 Å². The zero-order chi connectivity index (χ0) is 20.3. The number of ether oxygens (including phenoxy) is 2. The number of anilines is 4. The lowest BCUT2D eigenvalue weighted by Crippen LogP contribution is -2.07. The topological polar surface area (TPSA) is 81.2 Å². The number of rotatable bonds is 6. The van der Waals surface area contributed by atoms with Gasteiger partial charge in [0.1, 0.15) is 5.82 Å². The number of benzene rings is 2. The SMILES string of the molecule is COc1ccc(Nc2nc(C)nc(Nc3c(C)cc(C)cc3C)n2)cc1OC. The lowest BCUT2D eigenvalue weighted by Gasteiger charge is -2.14. The number of hydrogen-bond donors (Lipinski definition) is 2. The van der Waals surface area contributed by atoms with Crippen molar-refractivity contribution in [1.82, 2.24) is 15.0 Å². The maximum absolute atomic E-state index is 5.35. The van der Waals surface area contributed by atoms with Gasteiger partial charge in [0.15, 0.2) is 11.5 Å². The molecule has 0 radical (unpaired) electrons. The van der Waals surface area contributed by atoms with E-state index in [1.807, 2.05) is 25.1 Å². The molecule has 28 heavy (non-hydrogen) atoms. The summed E-state index contributed by atoms with van der Waals surface area (Å²) in [7, 11) is 3.20. The third kappa shape index (κ3) is 4.31. The molecule has 1 heterocycles. The van der Waals surface area contributed by atoms with Gasteiger partial charge in [0.2, 0.25) is 11.9 Å². The molecule has 146 valence electrons. The minimum Gasteiger partial charge on any atom is -0.493 e. The number of nitrogens with one attached hydrogen (secondary N) is 2. The highest BCUT2D eigenvalue weighted by Gasteiger charge is 2.10. The van der Waals surface area contributed by atoms with E-state index in [4.69, 9.17) is 9.47 Å². The predicted molar refractivity (Wildman–Crippen MR) is 111 cm³/mol. The summed E-state index contributed by atoms with van der Waals surface area (Å²) in [4.78, 5) is 13.3. The van der Waals surface area contributed by atoms with Crippen LogP contribution in [-0.2, 0) is 0 Å². The highest BCUT2D eigenvalue weighted by Crippen LogP contribution is 2.31. The van der Waals surface area contributed by atoms with Crippen molar-refractivity contribution in [2.45, 2.75) is 27.7 Å². The van der Waals surface area contributed by atoms with Crippen molar-refractivity contribution in [3.8, 4) is 11.5 Å². The molecule has 7 heteroatoms. The first-order valence-corrected chi connectivity index (χ1v) is 8.96. The zero-order valence-corrected chi connectivity index (χ0v) is 17.0. The Morgan fingerprint density at radius 3 is 1.93 bits per heavy atom. The lowest BCUT2D eigenvalue weighted by molar-refractivity contribution is 0.355. The normalized spacial score (nSPS) is 10.5. The van der Waals surface area contributed by atoms with E-state index < -0.39 is 0 Å². The molecule has 0 fully saturated rings. The molecule has 2 N–H and O–H groups in total. The standard InChI is InChI=1S/C21H25N5O2/c1-12-9-13(2)19(14(3)10-12)25-21-23-15(4)22-20(26-21)24-16-7-8-17(27-5)18(11-16)28-6/h7-11H,1-6H3,(H2,22,23,24,25,26). The summed E-state index contributed by atoms with van der Waals surface area (Å²) in [5, 5.41) is 6.53.